The molecule has 1 aromatic carbocycles. The molecule has 2 aromatic rings. The van der Waals surface area contributed by atoms with Crippen LogP contribution in [0.15, 0.2) is 30.5 Å². The van der Waals surface area contributed by atoms with E-state index in [0.29, 0.717) is 23.8 Å². The zero-order valence-corrected chi connectivity index (χ0v) is 10.4. The molecule has 0 saturated carbocycles. The number of anilines is 1. The molecule has 0 saturated heterocycles. The number of aliphatic hydroxyl groups excluding tert-OH is 1. The van der Waals surface area contributed by atoms with E-state index in [4.69, 9.17) is 9.84 Å². The van der Waals surface area contributed by atoms with Gasteiger partial charge in [-0.25, -0.2) is 4.98 Å². The number of benzene rings is 1. The van der Waals surface area contributed by atoms with E-state index in [1.165, 1.54) is 0 Å². The van der Waals surface area contributed by atoms with Crippen LogP contribution in [0.2, 0.25) is 0 Å². The first-order chi connectivity index (χ1) is 9.22. The monoisotopic (exact) mass is 263 g/mol. The van der Waals surface area contributed by atoms with Crippen LogP contribution in [0.1, 0.15) is 12.5 Å². The lowest BCUT2D eigenvalue weighted by atomic mass is 10.2. The molecule has 0 fully saturated rings. The highest BCUT2D eigenvalue weighted by Gasteiger charge is 2.09. The molecule has 6 heteroatoms. The van der Waals surface area contributed by atoms with Crippen molar-refractivity contribution >= 4 is 5.95 Å². The normalized spacial score (nSPS) is 10.3. The topological polar surface area (TPSA) is 67.3 Å². The summed E-state index contributed by atoms with van der Waals surface area (Å²) < 4.78 is 18.9. The van der Waals surface area contributed by atoms with E-state index in [9.17, 15) is 4.39 Å². The van der Waals surface area contributed by atoms with E-state index in [1.807, 2.05) is 6.92 Å². The molecular formula is C13H14FN3O2. The number of nitrogens with zero attached hydrogens (tertiary/aromatic N) is 2. The van der Waals surface area contributed by atoms with Crippen molar-refractivity contribution in [2.45, 2.75) is 13.5 Å². The number of hydrogen-bond donors (Lipinski definition) is 2. The molecule has 0 radical (unpaired) electrons. The Balaban J connectivity index is 2.23. The maximum atomic E-state index is 13.6. The molecule has 0 unspecified atom stereocenters. The summed E-state index contributed by atoms with van der Waals surface area (Å²) in [6, 6.07) is 6.74. The summed E-state index contributed by atoms with van der Waals surface area (Å²) in [7, 11) is 0. The molecule has 1 heterocycles. The highest BCUT2D eigenvalue weighted by Crippen LogP contribution is 2.23. The quantitative estimate of drug-likeness (QED) is 0.866. The second-order valence-corrected chi connectivity index (χ2v) is 3.78. The summed E-state index contributed by atoms with van der Waals surface area (Å²) in [5.74, 6) is -0.0825. The van der Waals surface area contributed by atoms with Gasteiger partial charge in [0.2, 0.25) is 11.8 Å². The smallest absolute Gasteiger partial charge is 0.260 e. The van der Waals surface area contributed by atoms with Crippen molar-refractivity contribution in [3.8, 4) is 11.6 Å². The molecule has 1 aromatic heterocycles. The van der Waals surface area contributed by atoms with Gasteiger partial charge in [0.1, 0.15) is 5.75 Å². The standard InChI is InChI=1S/C13H14FN3O2/c1-2-15-13-16-7-11(14)12(17-13)19-10-5-3-4-9(6-10)8-18/h3-7,18H,2,8H2,1H3,(H,15,16,17). The van der Waals surface area contributed by atoms with Crippen LogP contribution in [-0.2, 0) is 6.61 Å². The van der Waals surface area contributed by atoms with Gasteiger partial charge in [0.15, 0.2) is 0 Å². The minimum Gasteiger partial charge on any atom is -0.436 e. The highest BCUT2D eigenvalue weighted by atomic mass is 19.1. The van der Waals surface area contributed by atoms with Crippen molar-refractivity contribution in [2.24, 2.45) is 0 Å². The molecule has 5 nitrogen and oxygen atoms in total. The van der Waals surface area contributed by atoms with Crippen molar-refractivity contribution in [1.29, 1.82) is 0 Å². The number of nitrogens with one attached hydrogen (secondary N) is 1. The van der Waals surface area contributed by atoms with Gasteiger partial charge in [-0.05, 0) is 24.6 Å². The molecular weight excluding hydrogens is 249 g/mol. The fourth-order valence-corrected chi connectivity index (χ4v) is 1.49. The number of rotatable bonds is 5. The second-order valence-electron chi connectivity index (χ2n) is 3.78. The van der Waals surface area contributed by atoms with Crippen LogP contribution in [0, 0.1) is 5.82 Å². The Kier molecular flexibility index (Phi) is 4.25. The van der Waals surface area contributed by atoms with Crippen molar-refractivity contribution < 1.29 is 14.2 Å². The fraction of sp³-hybridized carbons (Fsp3) is 0.231. The third-order valence-electron chi connectivity index (χ3n) is 2.34. The van der Waals surface area contributed by atoms with E-state index in [-0.39, 0.29) is 12.5 Å². The van der Waals surface area contributed by atoms with E-state index in [2.05, 4.69) is 15.3 Å². The van der Waals surface area contributed by atoms with Crippen molar-refractivity contribution in [1.82, 2.24) is 9.97 Å². The third-order valence-corrected chi connectivity index (χ3v) is 2.34. The molecule has 2 N–H and O–H groups in total. The first-order valence-electron chi connectivity index (χ1n) is 5.87. The molecule has 19 heavy (non-hydrogen) atoms. The van der Waals surface area contributed by atoms with E-state index >= 15 is 0 Å². The first kappa shape index (κ1) is 13.2. The predicted molar refractivity (Wildman–Crippen MR) is 68.6 cm³/mol. The van der Waals surface area contributed by atoms with Gasteiger partial charge in [-0.3, -0.25) is 0 Å². The van der Waals surface area contributed by atoms with Crippen LogP contribution < -0.4 is 10.1 Å². The Morgan fingerprint density at radius 2 is 2.26 bits per heavy atom. The highest BCUT2D eigenvalue weighted by molar-refractivity contribution is 5.34. The molecule has 100 valence electrons. The van der Waals surface area contributed by atoms with E-state index in [1.54, 1.807) is 24.3 Å². The SMILES string of the molecule is CCNc1ncc(F)c(Oc2cccc(CO)c2)n1. The van der Waals surface area contributed by atoms with Crippen LogP contribution in [0.3, 0.4) is 0 Å². The van der Waals surface area contributed by atoms with Gasteiger partial charge in [0.05, 0.1) is 12.8 Å². The summed E-state index contributed by atoms with van der Waals surface area (Å²) in [5.41, 5.74) is 0.680. The molecule has 0 amide bonds. The summed E-state index contributed by atoms with van der Waals surface area (Å²) in [4.78, 5) is 7.72. The van der Waals surface area contributed by atoms with Crippen LogP contribution in [0.25, 0.3) is 0 Å². The minimum atomic E-state index is -0.643. The Labute approximate surface area is 110 Å². The zero-order valence-electron chi connectivity index (χ0n) is 10.4. The van der Waals surface area contributed by atoms with Crippen molar-refractivity contribution in [3.63, 3.8) is 0 Å². The lowest BCUT2D eigenvalue weighted by Gasteiger charge is -2.08. The molecule has 0 aliphatic heterocycles. The second kappa shape index (κ2) is 6.10. The maximum absolute atomic E-state index is 13.6. The number of hydrogen-bond acceptors (Lipinski definition) is 5. The largest absolute Gasteiger partial charge is 0.436 e. The number of aliphatic hydroxyl groups is 1. The van der Waals surface area contributed by atoms with Gasteiger partial charge in [-0.15, -0.1) is 0 Å². The van der Waals surface area contributed by atoms with Crippen LogP contribution in [0.5, 0.6) is 11.6 Å². The van der Waals surface area contributed by atoms with Gasteiger partial charge < -0.3 is 15.2 Å². The maximum Gasteiger partial charge on any atom is 0.260 e. The van der Waals surface area contributed by atoms with E-state index < -0.39 is 5.82 Å². The lowest BCUT2D eigenvalue weighted by molar-refractivity contribution is 0.281. The summed E-state index contributed by atoms with van der Waals surface area (Å²) in [6.45, 7) is 2.41. The Morgan fingerprint density at radius 1 is 1.42 bits per heavy atom. The Morgan fingerprint density at radius 3 is 3.00 bits per heavy atom. The van der Waals surface area contributed by atoms with Crippen molar-refractivity contribution in [3.05, 3.63) is 41.8 Å². The fourth-order valence-electron chi connectivity index (χ4n) is 1.49. The molecule has 0 bridgehead atoms. The average molecular weight is 263 g/mol. The average Bonchev–Trinajstić information content (AvgIpc) is 2.43. The van der Waals surface area contributed by atoms with Crippen LogP contribution in [0.4, 0.5) is 10.3 Å². The summed E-state index contributed by atoms with van der Waals surface area (Å²) in [5, 5.41) is 11.9. The van der Waals surface area contributed by atoms with E-state index in [0.717, 1.165) is 6.20 Å². The first-order valence-corrected chi connectivity index (χ1v) is 5.87. The predicted octanol–water partition coefficient (Wildman–Crippen LogP) is 2.33. The summed E-state index contributed by atoms with van der Waals surface area (Å²) in [6.07, 6.45) is 1.05. The van der Waals surface area contributed by atoms with Crippen LogP contribution in [-0.4, -0.2) is 21.6 Å². The number of aromatic nitrogens is 2. The van der Waals surface area contributed by atoms with Gasteiger partial charge in [0, 0.05) is 6.54 Å². The molecule has 0 aliphatic rings. The van der Waals surface area contributed by atoms with Gasteiger partial charge in [0.25, 0.3) is 5.88 Å². The summed E-state index contributed by atoms with van der Waals surface area (Å²) >= 11 is 0. The lowest BCUT2D eigenvalue weighted by Crippen LogP contribution is -2.04. The number of ether oxygens (including phenoxy) is 1. The molecule has 2 rings (SSSR count). The molecule has 0 spiro atoms. The van der Waals surface area contributed by atoms with Gasteiger partial charge in [-0.1, -0.05) is 12.1 Å². The van der Waals surface area contributed by atoms with Crippen LogP contribution >= 0.6 is 0 Å². The number of halogens is 1. The Bertz CT molecular complexity index is 563. The zero-order chi connectivity index (χ0) is 13.7. The van der Waals surface area contributed by atoms with Gasteiger partial charge in [-0.2, -0.15) is 9.37 Å². The minimum absolute atomic E-state index is 0.105. The van der Waals surface area contributed by atoms with Gasteiger partial charge >= 0.3 is 0 Å². The third kappa shape index (κ3) is 3.38. The molecule has 0 atom stereocenters. The Hall–Kier alpha value is -2.21. The van der Waals surface area contributed by atoms with Crippen molar-refractivity contribution in [2.75, 3.05) is 11.9 Å². The molecule has 0 aliphatic carbocycles.